The van der Waals surface area contributed by atoms with E-state index in [1.807, 2.05) is 19.1 Å². The van der Waals surface area contributed by atoms with E-state index in [4.69, 9.17) is 10.5 Å². The molecule has 5 N–H and O–H groups in total. The van der Waals surface area contributed by atoms with Gasteiger partial charge in [-0.1, -0.05) is 12.1 Å². The van der Waals surface area contributed by atoms with Gasteiger partial charge in [-0.3, -0.25) is 14.5 Å². The molecule has 0 saturated carbocycles. The molecule has 1 fully saturated rings. The van der Waals surface area contributed by atoms with Crippen molar-refractivity contribution in [3.05, 3.63) is 35.4 Å². The summed E-state index contributed by atoms with van der Waals surface area (Å²) < 4.78 is 5.36. The van der Waals surface area contributed by atoms with Crippen molar-refractivity contribution >= 4 is 41.8 Å². The Labute approximate surface area is 188 Å². The number of ether oxygens (including phenoxy) is 1. The number of halogens is 1. The van der Waals surface area contributed by atoms with E-state index in [0.717, 1.165) is 57.5 Å². The molecule has 0 aromatic heterocycles. The van der Waals surface area contributed by atoms with Crippen LogP contribution in [0.3, 0.4) is 0 Å². The van der Waals surface area contributed by atoms with Crippen molar-refractivity contribution in [2.45, 2.75) is 13.5 Å². The second kappa shape index (κ2) is 14.1. The van der Waals surface area contributed by atoms with Crippen LogP contribution in [-0.4, -0.2) is 75.2 Å². The summed E-state index contributed by atoms with van der Waals surface area (Å²) in [5, 5.41) is 9.04. The van der Waals surface area contributed by atoms with Crippen LogP contribution < -0.4 is 21.7 Å². The van der Waals surface area contributed by atoms with Gasteiger partial charge >= 0.3 is 0 Å². The fourth-order valence-corrected chi connectivity index (χ4v) is 2.70. The number of nitrogens with one attached hydrogen (secondary N) is 3. The zero-order valence-corrected chi connectivity index (χ0v) is 19.1. The molecule has 9 nitrogen and oxygen atoms in total. The maximum absolute atomic E-state index is 11.9. The molecule has 0 unspecified atom stereocenters. The van der Waals surface area contributed by atoms with Gasteiger partial charge in [-0.05, 0) is 24.6 Å². The Hall–Kier alpha value is -1.92. The monoisotopic (exact) mass is 518 g/mol. The number of nitrogens with zero attached hydrogens (tertiary/aromatic N) is 2. The molecule has 10 heteroatoms. The number of hydrogen-bond donors (Lipinski definition) is 4. The van der Waals surface area contributed by atoms with Gasteiger partial charge < -0.3 is 26.4 Å². The van der Waals surface area contributed by atoms with Crippen molar-refractivity contribution in [2.24, 2.45) is 10.7 Å². The number of morpholine rings is 1. The van der Waals surface area contributed by atoms with Gasteiger partial charge in [-0.25, -0.2) is 4.99 Å². The first-order valence-electron chi connectivity index (χ1n) is 9.56. The molecule has 2 rings (SSSR count). The topological polar surface area (TPSA) is 121 Å². The summed E-state index contributed by atoms with van der Waals surface area (Å²) >= 11 is 0. The zero-order chi connectivity index (χ0) is 20.2. The van der Waals surface area contributed by atoms with Crippen molar-refractivity contribution in [1.29, 1.82) is 0 Å². The van der Waals surface area contributed by atoms with Gasteiger partial charge in [0.2, 0.25) is 5.91 Å². The predicted molar refractivity (Wildman–Crippen MR) is 123 cm³/mol. The second-order valence-corrected chi connectivity index (χ2v) is 6.42. The van der Waals surface area contributed by atoms with Crippen LogP contribution >= 0.6 is 24.0 Å². The summed E-state index contributed by atoms with van der Waals surface area (Å²) in [5.74, 6) is -0.137. The minimum Gasteiger partial charge on any atom is -0.379 e. The normalized spacial score (nSPS) is 14.6. The number of guanidine groups is 1. The van der Waals surface area contributed by atoms with Crippen LogP contribution in [0.15, 0.2) is 29.3 Å². The minimum absolute atomic E-state index is 0. The standard InChI is InChI=1S/C19H30N6O3.HI/c1-2-21-19(22-7-8-25-9-11-28-12-10-25)24-13-15-3-5-16(6-4-15)18(27)23-14-17(20)26;/h3-6H,2,7-14H2,1H3,(H2,20,26)(H,23,27)(H2,21,22,24);1H. The Morgan fingerprint density at radius 3 is 2.45 bits per heavy atom. The third kappa shape index (κ3) is 9.90. The summed E-state index contributed by atoms with van der Waals surface area (Å²) in [5.41, 5.74) is 6.48. The summed E-state index contributed by atoms with van der Waals surface area (Å²) in [4.78, 5) is 29.6. The van der Waals surface area contributed by atoms with Gasteiger partial charge in [0.25, 0.3) is 5.91 Å². The average Bonchev–Trinajstić information content (AvgIpc) is 2.71. The molecule has 1 saturated heterocycles. The largest absolute Gasteiger partial charge is 0.379 e. The summed E-state index contributed by atoms with van der Waals surface area (Å²) in [7, 11) is 0. The van der Waals surface area contributed by atoms with Gasteiger partial charge in [0, 0.05) is 38.3 Å². The molecule has 162 valence electrons. The Kier molecular flexibility index (Phi) is 12.2. The lowest BCUT2D eigenvalue weighted by Crippen LogP contribution is -2.44. The highest BCUT2D eigenvalue weighted by Crippen LogP contribution is 2.06. The first-order chi connectivity index (χ1) is 13.6. The van der Waals surface area contributed by atoms with Crippen LogP contribution in [0.25, 0.3) is 0 Å². The van der Waals surface area contributed by atoms with E-state index in [9.17, 15) is 9.59 Å². The molecular formula is C19H31IN6O3. The molecule has 0 aliphatic carbocycles. The zero-order valence-electron chi connectivity index (χ0n) is 16.8. The Morgan fingerprint density at radius 2 is 1.83 bits per heavy atom. The SMILES string of the molecule is CCNC(=NCc1ccc(C(=O)NCC(N)=O)cc1)NCCN1CCOCC1.I. The molecule has 2 amide bonds. The maximum atomic E-state index is 11.9. The molecule has 0 spiro atoms. The second-order valence-electron chi connectivity index (χ2n) is 6.42. The van der Waals surface area contributed by atoms with Gasteiger partial charge in [-0.15, -0.1) is 24.0 Å². The molecule has 0 bridgehead atoms. The number of carbonyl (C=O) groups is 2. The smallest absolute Gasteiger partial charge is 0.251 e. The van der Waals surface area contributed by atoms with Crippen LogP contribution in [-0.2, 0) is 16.1 Å². The average molecular weight is 518 g/mol. The van der Waals surface area contributed by atoms with E-state index in [2.05, 4.69) is 25.8 Å². The number of hydrogen-bond acceptors (Lipinski definition) is 5. The number of primary amides is 1. The van der Waals surface area contributed by atoms with Crippen LogP contribution in [0.5, 0.6) is 0 Å². The quantitative estimate of drug-likeness (QED) is 0.206. The van der Waals surface area contributed by atoms with E-state index in [-0.39, 0.29) is 36.4 Å². The highest BCUT2D eigenvalue weighted by molar-refractivity contribution is 14.0. The first-order valence-corrected chi connectivity index (χ1v) is 9.56. The van der Waals surface area contributed by atoms with Gasteiger partial charge in [-0.2, -0.15) is 0 Å². The lowest BCUT2D eigenvalue weighted by atomic mass is 10.1. The molecule has 1 heterocycles. The van der Waals surface area contributed by atoms with Gasteiger partial charge in [0.15, 0.2) is 5.96 Å². The van der Waals surface area contributed by atoms with E-state index in [1.165, 1.54) is 0 Å². The number of rotatable bonds is 9. The number of nitrogens with two attached hydrogens (primary N) is 1. The highest BCUT2D eigenvalue weighted by atomic mass is 127. The van der Waals surface area contributed by atoms with E-state index < -0.39 is 5.91 Å². The Balaban J connectivity index is 0.00000420. The highest BCUT2D eigenvalue weighted by Gasteiger charge is 2.10. The Morgan fingerprint density at radius 1 is 1.14 bits per heavy atom. The number of amides is 2. The van der Waals surface area contributed by atoms with E-state index >= 15 is 0 Å². The number of carbonyl (C=O) groups excluding carboxylic acids is 2. The summed E-state index contributed by atoms with van der Waals surface area (Å²) in [6.45, 7) is 8.41. The number of benzene rings is 1. The lowest BCUT2D eigenvalue weighted by molar-refractivity contribution is -0.117. The molecule has 1 aromatic carbocycles. The van der Waals surface area contributed by atoms with E-state index in [0.29, 0.717) is 12.1 Å². The Bertz CT molecular complexity index is 662. The molecule has 1 aliphatic rings. The van der Waals surface area contributed by atoms with Crippen molar-refractivity contribution < 1.29 is 14.3 Å². The third-order valence-electron chi connectivity index (χ3n) is 4.23. The third-order valence-corrected chi connectivity index (χ3v) is 4.23. The molecule has 29 heavy (non-hydrogen) atoms. The molecule has 0 atom stereocenters. The fraction of sp³-hybridized carbons (Fsp3) is 0.526. The van der Waals surface area contributed by atoms with Gasteiger partial charge in [0.05, 0.1) is 26.3 Å². The number of aliphatic imine (C=N–C) groups is 1. The van der Waals surface area contributed by atoms with E-state index in [1.54, 1.807) is 12.1 Å². The van der Waals surface area contributed by atoms with Crippen LogP contribution in [0.4, 0.5) is 0 Å². The van der Waals surface area contributed by atoms with Crippen LogP contribution in [0.1, 0.15) is 22.8 Å². The van der Waals surface area contributed by atoms with Crippen LogP contribution in [0, 0.1) is 0 Å². The predicted octanol–water partition coefficient (Wildman–Crippen LogP) is -0.0930. The van der Waals surface area contributed by atoms with Crippen molar-refractivity contribution in [3.8, 4) is 0 Å². The van der Waals surface area contributed by atoms with Gasteiger partial charge in [0.1, 0.15) is 0 Å². The fourth-order valence-electron chi connectivity index (χ4n) is 2.70. The maximum Gasteiger partial charge on any atom is 0.251 e. The minimum atomic E-state index is -0.573. The van der Waals surface area contributed by atoms with Crippen molar-refractivity contribution in [3.63, 3.8) is 0 Å². The van der Waals surface area contributed by atoms with Crippen LogP contribution in [0.2, 0.25) is 0 Å². The summed E-state index contributed by atoms with van der Waals surface area (Å²) in [6.07, 6.45) is 0. The molecular weight excluding hydrogens is 487 g/mol. The summed E-state index contributed by atoms with van der Waals surface area (Å²) in [6, 6.07) is 7.11. The first kappa shape index (κ1) is 25.1. The lowest BCUT2D eigenvalue weighted by Gasteiger charge is -2.26. The van der Waals surface area contributed by atoms with Crippen molar-refractivity contribution in [2.75, 3.05) is 52.5 Å². The molecule has 0 radical (unpaired) electrons. The molecule has 1 aliphatic heterocycles. The van der Waals surface area contributed by atoms with Crippen molar-refractivity contribution in [1.82, 2.24) is 20.9 Å². The molecule has 1 aromatic rings.